The quantitative estimate of drug-likeness (QED) is 0.777. The van der Waals surface area contributed by atoms with Crippen LogP contribution < -0.4 is 11.1 Å². The van der Waals surface area contributed by atoms with Crippen molar-refractivity contribution < 1.29 is 9.59 Å². The SMILES string of the molecule is CCCCC(CN)NC(=O)C1CCN(C(=O)c2ccccc2)CC1.Cl. The molecule has 0 aromatic heterocycles. The third-order valence-electron chi connectivity index (χ3n) is 4.71. The molecule has 1 atom stereocenters. The van der Waals surface area contributed by atoms with Crippen molar-refractivity contribution in [2.45, 2.75) is 45.1 Å². The number of amides is 2. The van der Waals surface area contributed by atoms with E-state index in [1.807, 2.05) is 35.2 Å². The van der Waals surface area contributed by atoms with E-state index in [4.69, 9.17) is 5.73 Å². The van der Waals surface area contributed by atoms with Crippen LogP contribution >= 0.6 is 12.4 Å². The molecule has 2 rings (SSSR count). The first-order chi connectivity index (χ1) is 11.7. The Morgan fingerprint density at radius 3 is 2.44 bits per heavy atom. The number of nitrogens with zero attached hydrogens (tertiary/aromatic N) is 1. The second-order valence-corrected chi connectivity index (χ2v) is 6.52. The number of rotatable bonds is 7. The number of benzene rings is 1. The van der Waals surface area contributed by atoms with Crippen LogP contribution in [0.25, 0.3) is 0 Å². The molecular weight excluding hydrogens is 338 g/mol. The van der Waals surface area contributed by atoms with Gasteiger partial charge in [0.2, 0.25) is 5.91 Å². The van der Waals surface area contributed by atoms with Gasteiger partial charge in [-0.1, -0.05) is 38.0 Å². The van der Waals surface area contributed by atoms with Gasteiger partial charge < -0.3 is 16.0 Å². The molecular formula is C19H30ClN3O2. The number of nitrogens with one attached hydrogen (secondary N) is 1. The summed E-state index contributed by atoms with van der Waals surface area (Å²) in [5.74, 6) is 0.131. The average molecular weight is 368 g/mol. The minimum absolute atomic E-state index is 0. The number of carbonyl (C=O) groups excluding carboxylic acids is 2. The highest BCUT2D eigenvalue weighted by Gasteiger charge is 2.28. The number of likely N-dealkylation sites (tertiary alicyclic amines) is 1. The van der Waals surface area contributed by atoms with Crippen LogP contribution in [0.4, 0.5) is 0 Å². The molecule has 0 saturated carbocycles. The second kappa shape index (κ2) is 11.1. The van der Waals surface area contributed by atoms with Crippen molar-refractivity contribution >= 4 is 24.2 Å². The van der Waals surface area contributed by atoms with Gasteiger partial charge in [0.25, 0.3) is 5.91 Å². The van der Waals surface area contributed by atoms with Gasteiger partial charge in [0, 0.05) is 37.2 Å². The Morgan fingerprint density at radius 2 is 1.88 bits per heavy atom. The smallest absolute Gasteiger partial charge is 0.253 e. The molecule has 0 aliphatic carbocycles. The van der Waals surface area contributed by atoms with E-state index in [-0.39, 0.29) is 36.2 Å². The van der Waals surface area contributed by atoms with Crippen LogP contribution in [0.15, 0.2) is 30.3 Å². The highest BCUT2D eigenvalue weighted by atomic mass is 35.5. The van der Waals surface area contributed by atoms with Gasteiger partial charge in [-0.25, -0.2) is 0 Å². The minimum atomic E-state index is -0.0134. The highest BCUT2D eigenvalue weighted by molar-refractivity contribution is 5.94. The summed E-state index contributed by atoms with van der Waals surface area (Å²) < 4.78 is 0. The maximum atomic E-state index is 12.4. The van der Waals surface area contributed by atoms with E-state index in [1.165, 1.54) is 0 Å². The van der Waals surface area contributed by atoms with Gasteiger partial charge in [-0.2, -0.15) is 0 Å². The van der Waals surface area contributed by atoms with Crippen molar-refractivity contribution in [2.24, 2.45) is 11.7 Å². The Kier molecular flexibility index (Phi) is 9.53. The van der Waals surface area contributed by atoms with Crippen molar-refractivity contribution in [3.05, 3.63) is 35.9 Å². The molecule has 1 aliphatic rings. The fourth-order valence-corrected chi connectivity index (χ4v) is 3.13. The molecule has 5 nitrogen and oxygen atoms in total. The van der Waals surface area contributed by atoms with Gasteiger partial charge >= 0.3 is 0 Å². The summed E-state index contributed by atoms with van der Waals surface area (Å²) >= 11 is 0. The predicted molar refractivity (Wildman–Crippen MR) is 103 cm³/mol. The Labute approximate surface area is 156 Å². The molecule has 1 heterocycles. The zero-order chi connectivity index (χ0) is 17.4. The van der Waals surface area contributed by atoms with Crippen molar-refractivity contribution in [2.75, 3.05) is 19.6 Å². The summed E-state index contributed by atoms with van der Waals surface area (Å²) in [6, 6.07) is 9.38. The van der Waals surface area contributed by atoms with E-state index in [2.05, 4.69) is 12.2 Å². The number of nitrogens with two attached hydrogens (primary N) is 1. The summed E-state index contributed by atoms with van der Waals surface area (Å²) in [7, 11) is 0. The molecule has 0 bridgehead atoms. The monoisotopic (exact) mass is 367 g/mol. The fraction of sp³-hybridized carbons (Fsp3) is 0.579. The van der Waals surface area contributed by atoms with Crippen LogP contribution in [0.3, 0.4) is 0 Å². The summed E-state index contributed by atoms with van der Waals surface area (Å²) in [6.45, 7) is 3.88. The van der Waals surface area contributed by atoms with Gasteiger partial charge in [0.1, 0.15) is 0 Å². The molecule has 0 radical (unpaired) electrons. The van der Waals surface area contributed by atoms with Gasteiger partial charge in [-0.05, 0) is 31.4 Å². The third kappa shape index (κ3) is 6.33. The molecule has 0 spiro atoms. The van der Waals surface area contributed by atoms with E-state index < -0.39 is 0 Å². The summed E-state index contributed by atoms with van der Waals surface area (Å²) in [5, 5.41) is 3.08. The number of carbonyl (C=O) groups is 2. The summed E-state index contributed by atoms with van der Waals surface area (Å²) in [5.41, 5.74) is 6.46. The van der Waals surface area contributed by atoms with Crippen LogP contribution in [-0.2, 0) is 4.79 Å². The largest absolute Gasteiger partial charge is 0.352 e. The Balaban J connectivity index is 0.00000312. The van der Waals surface area contributed by atoms with Gasteiger partial charge in [-0.3, -0.25) is 9.59 Å². The first kappa shape index (κ1) is 21.5. The molecule has 1 aromatic rings. The summed E-state index contributed by atoms with van der Waals surface area (Å²) in [4.78, 5) is 26.7. The summed E-state index contributed by atoms with van der Waals surface area (Å²) in [6.07, 6.45) is 4.55. The second-order valence-electron chi connectivity index (χ2n) is 6.52. The van der Waals surface area contributed by atoms with Gasteiger partial charge in [0.05, 0.1) is 0 Å². The normalized spacial score (nSPS) is 16.0. The molecule has 1 aliphatic heterocycles. The number of halogens is 1. The number of hydrogen-bond acceptors (Lipinski definition) is 3. The van der Waals surface area contributed by atoms with E-state index >= 15 is 0 Å². The van der Waals surface area contributed by atoms with Gasteiger partial charge in [-0.15, -0.1) is 12.4 Å². The molecule has 140 valence electrons. The Bertz CT molecular complexity index is 531. The lowest BCUT2D eigenvalue weighted by Gasteiger charge is -2.32. The lowest BCUT2D eigenvalue weighted by Crippen LogP contribution is -2.47. The maximum Gasteiger partial charge on any atom is 0.253 e. The van der Waals surface area contributed by atoms with Crippen LogP contribution in [0, 0.1) is 5.92 Å². The van der Waals surface area contributed by atoms with E-state index in [0.717, 1.165) is 32.1 Å². The molecule has 1 aromatic carbocycles. The lowest BCUT2D eigenvalue weighted by molar-refractivity contribution is -0.127. The minimum Gasteiger partial charge on any atom is -0.352 e. The molecule has 2 amide bonds. The van der Waals surface area contributed by atoms with Crippen LogP contribution in [0.5, 0.6) is 0 Å². The van der Waals surface area contributed by atoms with E-state index in [1.54, 1.807) is 0 Å². The third-order valence-corrected chi connectivity index (χ3v) is 4.71. The van der Waals surface area contributed by atoms with E-state index in [9.17, 15) is 9.59 Å². The first-order valence-corrected chi connectivity index (χ1v) is 9.00. The standard InChI is InChI=1S/C19H29N3O2.ClH/c1-2-3-9-17(14-20)21-18(23)15-10-12-22(13-11-15)19(24)16-7-5-4-6-8-16;/h4-8,15,17H,2-3,9-14,20H2,1H3,(H,21,23);1H. The first-order valence-electron chi connectivity index (χ1n) is 9.00. The lowest BCUT2D eigenvalue weighted by atomic mass is 9.94. The van der Waals surface area contributed by atoms with Gasteiger partial charge in [0.15, 0.2) is 0 Å². The van der Waals surface area contributed by atoms with Crippen LogP contribution in [-0.4, -0.2) is 42.4 Å². The molecule has 1 unspecified atom stereocenters. The molecule has 3 N–H and O–H groups in total. The predicted octanol–water partition coefficient (Wildman–Crippen LogP) is 2.59. The number of unbranched alkanes of at least 4 members (excludes halogenated alkanes) is 1. The van der Waals surface area contributed by atoms with Crippen molar-refractivity contribution in [1.82, 2.24) is 10.2 Å². The zero-order valence-electron chi connectivity index (χ0n) is 14.9. The van der Waals surface area contributed by atoms with Crippen molar-refractivity contribution in [3.63, 3.8) is 0 Å². The van der Waals surface area contributed by atoms with Crippen molar-refractivity contribution in [1.29, 1.82) is 0 Å². The fourth-order valence-electron chi connectivity index (χ4n) is 3.13. The van der Waals surface area contributed by atoms with Crippen molar-refractivity contribution in [3.8, 4) is 0 Å². The molecule has 6 heteroatoms. The maximum absolute atomic E-state index is 12.4. The highest BCUT2D eigenvalue weighted by Crippen LogP contribution is 2.19. The van der Waals surface area contributed by atoms with Crippen LogP contribution in [0.1, 0.15) is 49.4 Å². The molecule has 1 saturated heterocycles. The average Bonchev–Trinajstić information content (AvgIpc) is 2.65. The molecule has 1 fully saturated rings. The van der Waals surface area contributed by atoms with Crippen LogP contribution in [0.2, 0.25) is 0 Å². The topological polar surface area (TPSA) is 75.4 Å². The number of piperidine rings is 1. The zero-order valence-corrected chi connectivity index (χ0v) is 15.8. The molecule has 25 heavy (non-hydrogen) atoms. The Morgan fingerprint density at radius 1 is 1.24 bits per heavy atom. The number of hydrogen-bond donors (Lipinski definition) is 2. The van der Waals surface area contributed by atoms with E-state index in [0.29, 0.717) is 25.2 Å². The Hall–Kier alpha value is -1.59.